The number of hydrogen-bond acceptors (Lipinski definition) is 6. The smallest absolute Gasteiger partial charge is 0.341 e. The number of hydrogen-bond donors (Lipinski definition) is 1. The number of carbonyl (C=O) groups is 2. The van der Waals surface area contributed by atoms with Crippen LogP contribution in [0.3, 0.4) is 0 Å². The number of anilines is 1. The second-order valence-corrected chi connectivity index (χ2v) is 7.34. The number of rotatable bonds is 7. The topological polar surface area (TPSA) is 115 Å². The van der Waals surface area contributed by atoms with Gasteiger partial charge in [-0.15, -0.1) is 0 Å². The van der Waals surface area contributed by atoms with Crippen molar-refractivity contribution in [1.29, 1.82) is 5.26 Å². The van der Waals surface area contributed by atoms with Crippen molar-refractivity contribution in [3.05, 3.63) is 89.3 Å². The normalized spacial score (nSPS) is 10.6. The highest BCUT2D eigenvalue weighted by atomic mass is 16.5. The molecule has 0 aliphatic carbocycles. The molecule has 33 heavy (non-hydrogen) atoms. The first-order valence-corrected chi connectivity index (χ1v) is 10.2. The Bertz CT molecular complexity index is 1330. The fraction of sp³-hybridized carbons (Fsp3) is 0.167. The Morgan fingerprint density at radius 2 is 1.97 bits per heavy atom. The van der Waals surface area contributed by atoms with E-state index in [0.717, 1.165) is 16.9 Å². The molecule has 166 valence electrons. The minimum absolute atomic E-state index is 0.220. The molecule has 0 saturated heterocycles. The van der Waals surface area contributed by atoms with Crippen molar-refractivity contribution in [2.75, 3.05) is 11.9 Å². The molecule has 0 aliphatic heterocycles. The highest BCUT2D eigenvalue weighted by Crippen LogP contribution is 2.27. The van der Waals surface area contributed by atoms with E-state index in [2.05, 4.69) is 16.5 Å². The lowest BCUT2D eigenvalue weighted by Crippen LogP contribution is -2.23. The first-order chi connectivity index (χ1) is 16.0. The summed E-state index contributed by atoms with van der Waals surface area (Å²) < 4.78 is 13.9. The van der Waals surface area contributed by atoms with Gasteiger partial charge in [0, 0.05) is 11.9 Å². The zero-order valence-corrected chi connectivity index (χ0v) is 18.1. The summed E-state index contributed by atoms with van der Waals surface area (Å²) in [5, 5.41) is 16.5. The highest BCUT2D eigenvalue weighted by Gasteiger charge is 2.21. The lowest BCUT2D eigenvalue weighted by molar-refractivity contribution is -0.119. The number of furan rings is 1. The third-order valence-electron chi connectivity index (χ3n) is 5.27. The van der Waals surface area contributed by atoms with Crippen LogP contribution >= 0.6 is 0 Å². The number of nitrogens with one attached hydrogen (secondary N) is 1. The molecule has 9 heteroatoms. The molecule has 0 spiro atoms. The summed E-state index contributed by atoms with van der Waals surface area (Å²) in [7, 11) is 0. The Morgan fingerprint density at radius 3 is 2.67 bits per heavy atom. The molecule has 0 saturated carbocycles. The molecule has 9 nitrogen and oxygen atoms in total. The maximum atomic E-state index is 12.6. The largest absolute Gasteiger partial charge is 0.467 e. The van der Waals surface area contributed by atoms with E-state index >= 15 is 0 Å². The molecule has 3 aromatic heterocycles. The van der Waals surface area contributed by atoms with Crippen molar-refractivity contribution in [2.45, 2.75) is 20.4 Å². The molecule has 0 aliphatic rings. The minimum atomic E-state index is -0.675. The predicted octanol–water partition coefficient (Wildman–Crippen LogP) is 3.60. The second-order valence-electron chi connectivity index (χ2n) is 7.34. The zero-order valence-electron chi connectivity index (χ0n) is 18.1. The molecule has 4 rings (SSSR count). The number of carbonyl (C=O) groups excluding carboxylic acids is 2. The number of benzene rings is 1. The Labute approximate surface area is 189 Å². The predicted molar refractivity (Wildman–Crippen MR) is 119 cm³/mol. The van der Waals surface area contributed by atoms with Crippen molar-refractivity contribution >= 4 is 17.7 Å². The molecule has 1 amide bonds. The van der Waals surface area contributed by atoms with Gasteiger partial charge in [0.2, 0.25) is 0 Å². The van der Waals surface area contributed by atoms with Crippen molar-refractivity contribution in [1.82, 2.24) is 14.3 Å². The average molecular weight is 443 g/mol. The van der Waals surface area contributed by atoms with E-state index in [4.69, 9.17) is 9.15 Å². The lowest BCUT2D eigenvalue weighted by Gasteiger charge is -2.12. The first kappa shape index (κ1) is 21.6. The standard InChI is InChI=1S/C24H21N5O4/c1-16-17(2)28(14-20-9-6-10-32-20)23(21(16)11-25)27-22(30)15-33-24(31)18-12-26-29(13-18)19-7-4-3-5-8-19/h3-10,12-13H,14-15H2,1-2H3,(H,27,30). The number of nitrogens with zero attached hydrogens (tertiary/aromatic N) is 4. The second kappa shape index (κ2) is 9.28. The zero-order chi connectivity index (χ0) is 23.4. The third kappa shape index (κ3) is 4.55. The summed E-state index contributed by atoms with van der Waals surface area (Å²) in [6.07, 6.45) is 4.47. The van der Waals surface area contributed by atoms with Gasteiger partial charge < -0.3 is 19.0 Å². The lowest BCUT2D eigenvalue weighted by atomic mass is 10.2. The van der Waals surface area contributed by atoms with Gasteiger partial charge in [-0.25, -0.2) is 9.48 Å². The number of amides is 1. The van der Waals surface area contributed by atoms with Crippen LogP contribution in [0.5, 0.6) is 0 Å². The molecule has 0 bridgehead atoms. The van der Waals surface area contributed by atoms with Crippen LogP contribution in [0.15, 0.2) is 65.5 Å². The number of esters is 1. The maximum absolute atomic E-state index is 12.6. The molecule has 0 atom stereocenters. The molecule has 1 N–H and O–H groups in total. The molecule has 0 unspecified atom stereocenters. The quantitative estimate of drug-likeness (QED) is 0.437. The van der Waals surface area contributed by atoms with E-state index in [9.17, 15) is 14.9 Å². The molecular formula is C24H21N5O4. The van der Waals surface area contributed by atoms with Crippen LogP contribution in [0.2, 0.25) is 0 Å². The SMILES string of the molecule is Cc1c(C#N)c(NC(=O)COC(=O)c2cnn(-c3ccccc3)c2)n(Cc2ccco2)c1C. The first-order valence-electron chi connectivity index (χ1n) is 10.2. The minimum Gasteiger partial charge on any atom is -0.467 e. The summed E-state index contributed by atoms with van der Waals surface area (Å²) in [5.74, 6) is -0.226. The third-order valence-corrected chi connectivity index (χ3v) is 5.27. The Morgan fingerprint density at radius 1 is 1.18 bits per heavy atom. The fourth-order valence-electron chi connectivity index (χ4n) is 3.42. The molecular weight excluding hydrogens is 422 g/mol. The van der Waals surface area contributed by atoms with Crippen LogP contribution in [-0.4, -0.2) is 32.8 Å². The summed E-state index contributed by atoms with van der Waals surface area (Å²) >= 11 is 0. The van der Waals surface area contributed by atoms with Gasteiger partial charge in [0.1, 0.15) is 17.6 Å². The van der Waals surface area contributed by atoms with Crippen LogP contribution in [0.25, 0.3) is 5.69 Å². The van der Waals surface area contributed by atoms with Gasteiger partial charge in [-0.3, -0.25) is 4.79 Å². The van der Waals surface area contributed by atoms with Crippen molar-refractivity contribution < 1.29 is 18.7 Å². The highest BCUT2D eigenvalue weighted by molar-refractivity contribution is 5.96. The number of ether oxygens (including phenoxy) is 1. The Kier molecular flexibility index (Phi) is 6.09. The van der Waals surface area contributed by atoms with E-state index < -0.39 is 18.5 Å². The number of para-hydroxylation sites is 1. The van der Waals surface area contributed by atoms with Crippen LogP contribution in [0.4, 0.5) is 5.82 Å². The summed E-state index contributed by atoms with van der Waals surface area (Å²) in [4.78, 5) is 24.9. The van der Waals surface area contributed by atoms with Crippen LogP contribution < -0.4 is 5.32 Å². The van der Waals surface area contributed by atoms with E-state index in [0.29, 0.717) is 23.7 Å². The van der Waals surface area contributed by atoms with Gasteiger partial charge in [0.15, 0.2) is 6.61 Å². The van der Waals surface area contributed by atoms with Crippen molar-refractivity contribution in [2.24, 2.45) is 0 Å². The van der Waals surface area contributed by atoms with Gasteiger partial charge in [-0.2, -0.15) is 10.4 Å². The number of aromatic nitrogens is 3. The van der Waals surface area contributed by atoms with Gasteiger partial charge in [-0.05, 0) is 43.7 Å². The molecule has 3 heterocycles. The van der Waals surface area contributed by atoms with Crippen LogP contribution in [0, 0.1) is 25.2 Å². The molecule has 1 aromatic carbocycles. The summed E-state index contributed by atoms with van der Waals surface area (Å²) in [6.45, 7) is 3.51. The Balaban J connectivity index is 1.44. The average Bonchev–Trinajstić information content (AvgIpc) is 3.57. The fourth-order valence-corrected chi connectivity index (χ4v) is 3.42. The monoisotopic (exact) mass is 443 g/mol. The van der Waals surface area contributed by atoms with E-state index in [1.54, 1.807) is 21.6 Å². The van der Waals surface area contributed by atoms with Gasteiger partial charge >= 0.3 is 5.97 Å². The molecule has 4 aromatic rings. The van der Waals surface area contributed by atoms with Gasteiger partial charge in [-0.1, -0.05) is 18.2 Å². The van der Waals surface area contributed by atoms with Crippen LogP contribution in [0.1, 0.15) is 32.9 Å². The van der Waals surface area contributed by atoms with Gasteiger partial charge in [0.05, 0.1) is 35.8 Å². The van der Waals surface area contributed by atoms with Crippen molar-refractivity contribution in [3.63, 3.8) is 0 Å². The van der Waals surface area contributed by atoms with E-state index in [-0.39, 0.29) is 5.56 Å². The Hall–Kier alpha value is -4.58. The maximum Gasteiger partial charge on any atom is 0.341 e. The molecule has 0 fully saturated rings. The molecule has 0 radical (unpaired) electrons. The van der Waals surface area contributed by atoms with Crippen molar-refractivity contribution in [3.8, 4) is 11.8 Å². The summed E-state index contributed by atoms with van der Waals surface area (Å²) in [6, 6.07) is 15.0. The van der Waals surface area contributed by atoms with Gasteiger partial charge in [0.25, 0.3) is 5.91 Å². The van der Waals surface area contributed by atoms with E-state index in [1.807, 2.05) is 50.2 Å². The number of nitriles is 1. The van der Waals surface area contributed by atoms with Crippen LogP contribution in [-0.2, 0) is 16.1 Å². The van der Waals surface area contributed by atoms with E-state index in [1.165, 1.54) is 12.4 Å². The summed E-state index contributed by atoms with van der Waals surface area (Å²) in [5.41, 5.74) is 2.94.